The summed E-state index contributed by atoms with van der Waals surface area (Å²) in [6.07, 6.45) is 4.24. The minimum absolute atomic E-state index is 0.122. The van der Waals surface area contributed by atoms with E-state index in [1.54, 1.807) is 7.05 Å². The van der Waals surface area contributed by atoms with E-state index in [-0.39, 0.29) is 11.8 Å². The highest BCUT2D eigenvalue weighted by Gasteiger charge is 2.26. The Morgan fingerprint density at radius 3 is 2.78 bits per heavy atom. The normalized spacial score (nSPS) is 21.3. The molecule has 0 saturated carbocycles. The minimum Gasteiger partial charge on any atom is -0.359 e. The number of carbonyl (C=O) groups is 1. The lowest BCUT2D eigenvalue weighted by molar-refractivity contribution is -0.121. The van der Waals surface area contributed by atoms with Gasteiger partial charge in [0, 0.05) is 25.4 Å². The third-order valence-electron chi connectivity index (χ3n) is 3.75. The molecule has 2 atom stereocenters. The molecule has 18 heavy (non-hydrogen) atoms. The maximum Gasteiger partial charge on any atom is 0.220 e. The van der Waals surface area contributed by atoms with Crippen LogP contribution in [0.1, 0.15) is 37.2 Å². The summed E-state index contributed by atoms with van der Waals surface area (Å²) in [4.78, 5) is 11.7. The lowest BCUT2D eigenvalue weighted by Gasteiger charge is -2.31. The second-order valence-corrected chi connectivity index (χ2v) is 4.95. The Balaban J connectivity index is 2.14. The van der Waals surface area contributed by atoms with E-state index in [9.17, 15) is 4.79 Å². The van der Waals surface area contributed by atoms with Crippen LogP contribution < -0.4 is 10.6 Å². The second-order valence-electron chi connectivity index (χ2n) is 4.95. The van der Waals surface area contributed by atoms with Crippen LogP contribution in [0.25, 0.3) is 0 Å². The van der Waals surface area contributed by atoms with Gasteiger partial charge in [-0.25, -0.2) is 0 Å². The van der Waals surface area contributed by atoms with Crippen LogP contribution in [-0.4, -0.2) is 25.5 Å². The molecule has 3 nitrogen and oxygen atoms in total. The Morgan fingerprint density at radius 1 is 1.39 bits per heavy atom. The van der Waals surface area contributed by atoms with E-state index < -0.39 is 0 Å². The third kappa shape index (κ3) is 3.33. The van der Waals surface area contributed by atoms with Gasteiger partial charge < -0.3 is 10.6 Å². The third-order valence-corrected chi connectivity index (χ3v) is 3.75. The highest BCUT2D eigenvalue weighted by molar-refractivity contribution is 5.76. The van der Waals surface area contributed by atoms with Gasteiger partial charge in [-0.3, -0.25) is 4.79 Å². The van der Waals surface area contributed by atoms with Crippen LogP contribution >= 0.6 is 0 Å². The number of carbonyl (C=O) groups excluding carboxylic acids is 1. The van der Waals surface area contributed by atoms with Crippen molar-refractivity contribution in [2.24, 2.45) is 0 Å². The van der Waals surface area contributed by atoms with Crippen molar-refractivity contribution < 1.29 is 4.79 Å². The molecule has 2 unspecified atom stereocenters. The molecule has 0 aliphatic carbocycles. The van der Waals surface area contributed by atoms with Gasteiger partial charge in [-0.1, -0.05) is 36.8 Å². The predicted molar refractivity (Wildman–Crippen MR) is 73.5 cm³/mol. The quantitative estimate of drug-likeness (QED) is 0.853. The minimum atomic E-state index is 0.122. The fourth-order valence-corrected chi connectivity index (χ4v) is 2.72. The number of piperidine rings is 1. The van der Waals surface area contributed by atoms with E-state index in [1.165, 1.54) is 18.4 Å². The van der Waals surface area contributed by atoms with Gasteiger partial charge in [-0.05, 0) is 24.9 Å². The molecule has 1 fully saturated rings. The Kier molecular flexibility index (Phi) is 4.76. The second kappa shape index (κ2) is 6.55. The first-order chi connectivity index (χ1) is 8.81. The summed E-state index contributed by atoms with van der Waals surface area (Å²) in [5, 5.41) is 6.30. The molecular weight excluding hydrogens is 224 g/mol. The first-order valence-electron chi connectivity index (χ1n) is 6.80. The zero-order valence-electron chi connectivity index (χ0n) is 11.0. The van der Waals surface area contributed by atoms with Crippen molar-refractivity contribution in [2.45, 2.75) is 37.6 Å². The molecule has 0 spiro atoms. The molecule has 1 amide bonds. The monoisotopic (exact) mass is 246 g/mol. The van der Waals surface area contributed by atoms with Gasteiger partial charge in [-0.15, -0.1) is 0 Å². The summed E-state index contributed by atoms with van der Waals surface area (Å²) in [7, 11) is 1.71. The number of hydrogen-bond acceptors (Lipinski definition) is 2. The Morgan fingerprint density at radius 2 is 2.17 bits per heavy atom. The summed E-state index contributed by atoms with van der Waals surface area (Å²) in [5.41, 5.74) is 1.26. The fraction of sp³-hybridized carbons (Fsp3) is 0.533. The molecule has 2 N–H and O–H groups in total. The number of nitrogens with one attached hydrogen (secondary N) is 2. The molecule has 1 aliphatic rings. The summed E-state index contributed by atoms with van der Waals surface area (Å²) >= 11 is 0. The first-order valence-corrected chi connectivity index (χ1v) is 6.80. The average Bonchev–Trinajstić information content (AvgIpc) is 2.46. The number of benzene rings is 1. The van der Waals surface area contributed by atoms with Gasteiger partial charge in [0.2, 0.25) is 5.91 Å². The lowest BCUT2D eigenvalue weighted by Crippen LogP contribution is -2.40. The van der Waals surface area contributed by atoms with Crippen LogP contribution in [0, 0.1) is 0 Å². The summed E-state index contributed by atoms with van der Waals surface area (Å²) in [5.74, 6) is 0.405. The van der Waals surface area contributed by atoms with Crippen molar-refractivity contribution in [1.29, 1.82) is 0 Å². The standard InChI is InChI=1S/C15H22N2O/c1-16-15(18)11-13(12-7-3-2-4-8-12)14-9-5-6-10-17-14/h2-4,7-8,13-14,17H,5-6,9-11H2,1H3,(H,16,18). The highest BCUT2D eigenvalue weighted by Crippen LogP contribution is 2.28. The number of hydrogen-bond donors (Lipinski definition) is 2. The molecule has 1 saturated heterocycles. The molecule has 1 aromatic carbocycles. The van der Waals surface area contributed by atoms with Gasteiger partial charge in [0.25, 0.3) is 0 Å². The maximum atomic E-state index is 11.7. The molecule has 0 radical (unpaired) electrons. The van der Waals surface area contributed by atoms with Crippen LogP contribution in [0.4, 0.5) is 0 Å². The van der Waals surface area contributed by atoms with E-state index in [0.717, 1.165) is 13.0 Å². The Labute approximate surface area is 109 Å². The maximum absolute atomic E-state index is 11.7. The van der Waals surface area contributed by atoms with Crippen molar-refractivity contribution in [3.63, 3.8) is 0 Å². The topological polar surface area (TPSA) is 41.1 Å². The van der Waals surface area contributed by atoms with Crippen molar-refractivity contribution in [3.05, 3.63) is 35.9 Å². The molecular formula is C15H22N2O. The molecule has 1 aromatic rings. The first kappa shape index (κ1) is 13.1. The van der Waals surface area contributed by atoms with Gasteiger partial charge in [0.05, 0.1) is 0 Å². The number of rotatable bonds is 4. The number of amides is 1. The van der Waals surface area contributed by atoms with Crippen LogP contribution in [0.15, 0.2) is 30.3 Å². The van der Waals surface area contributed by atoms with E-state index >= 15 is 0 Å². The van der Waals surface area contributed by atoms with Gasteiger partial charge in [0.1, 0.15) is 0 Å². The van der Waals surface area contributed by atoms with Crippen molar-refractivity contribution in [1.82, 2.24) is 10.6 Å². The molecule has 1 aliphatic heterocycles. The summed E-state index contributed by atoms with van der Waals surface area (Å²) < 4.78 is 0. The zero-order chi connectivity index (χ0) is 12.8. The van der Waals surface area contributed by atoms with E-state index in [4.69, 9.17) is 0 Å². The molecule has 3 heteroatoms. The zero-order valence-corrected chi connectivity index (χ0v) is 11.0. The van der Waals surface area contributed by atoms with E-state index in [1.807, 2.05) is 6.07 Å². The molecule has 1 heterocycles. The smallest absolute Gasteiger partial charge is 0.220 e. The lowest BCUT2D eigenvalue weighted by atomic mass is 9.84. The molecule has 2 rings (SSSR count). The van der Waals surface area contributed by atoms with Crippen LogP contribution in [0.2, 0.25) is 0 Å². The van der Waals surface area contributed by atoms with E-state index in [2.05, 4.69) is 34.9 Å². The Hall–Kier alpha value is -1.35. The van der Waals surface area contributed by atoms with Gasteiger partial charge in [-0.2, -0.15) is 0 Å². The van der Waals surface area contributed by atoms with Crippen LogP contribution in [0.3, 0.4) is 0 Å². The van der Waals surface area contributed by atoms with Crippen molar-refractivity contribution >= 4 is 5.91 Å². The van der Waals surface area contributed by atoms with E-state index in [0.29, 0.717) is 12.5 Å². The Bertz CT molecular complexity index is 371. The average molecular weight is 246 g/mol. The molecule has 98 valence electrons. The predicted octanol–water partition coefficient (Wildman–Crippen LogP) is 2.05. The van der Waals surface area contributed by atoms with Crippen molar-refractivity contribution in [3.8, 4) is 0 Å². The van der Waals surface area contributed by atoms with Crippen molar-refractivity contribution in [2.75, 3.05) is 13.6 Å². The van der Waals surface area contributed by atoms with Gasteiger partial charge in [0.15, 0.2) is 0 Å². The SMILES string of the molecule is CNC(=O)CC(c1ccccc1)C1CCCCN1. The molecule has 0 aromatic heterocycles. The summed E-state index contributed by atoms with van der Waals surface area (Å²) in [6.45, 7) is 1.07. The van der Waals surface area contributed by atoms with Crippen LogP contribution in [0.5, 0.6) is 0 Å². The largest absolute Gasteiger partial charge is 0.359 e. The summed E-state index contributed by atoms with van der Waals surface area (Å²) in [6, 6.07) is 10.8. The fourth-order valence-electron chi connectivity index (χ4n) is 2.72. The van der Waals surface area contributed by atoms with Gasteiger partial charge >= 0.3 is 0 Å². The molecule has 0 bridgehead atoms. The van der Waals surface area contributed by atoms with Crippen LogP contribution in [-0.2, 0) is 4.79 Å². The highest BCUT2D eigenvalue weighted by atomic mass is 16.1.